The summed E-state index contributed by atoms with van der Waals surface area (Å²) < 4.78 is 5.28. The topological polar surface area (TPSA) is 81.6 Å². The Morgan fingerprint density at radius 1 is 1.08 bits per heavy atom. The van der Waals surface area contributed by atoms with Gasteiger partial charge in [0.15, 0.2) is 0 Å². The number of nitro benzene ring substituents is 1. The molecule has 2 rings (SSSR count). The van der Waals surface area contributed by atoms with Gasteiger partial charge in [-0.2, -0.15) is 0 Å². The minimum absolute atomic E-state index is 0.0130. The lowest BCUT2D eigenvalue weighted by Gasteiger charge is -2.22. The van der Waals surface area contributed by atoms with E-state index in [2.05, 4.69) is 24.0 Å². The van der Waals surface area contributed by atoms with Gasteiger partial charge in [-0.05, 0) is 55.1 Å². The SMILES string of the molecule is CCCN(CCc1cccc(OC)c1)CCc1ccc(N)c([N+](=O)[O-])c1. The summed E-state index contributed by atoms with van der Waals surface area (Å²) in [4.78, 5) is 13.0. The molecule has 0 aliphatic carbocycles. The number of rotatable bonds is 10. The fourth-order valence-electron chi connectivity index (χ4n) is 2.96. The Morgan fingerprint density at radius 3 is 2.38 bits per heavy atom. The maximum absolute atomic E-state index is 11.0. The van der Waals surface area contributed by atoms with E-state index in [-0.39, 0.29) is 11.4 Å². The molecule has 0 aromatic heterocycles. The second kappa shape index (κ2) is 9.77. The summed E-state index contributed by atoms with van der Waals surface area (Å²) in [6.07, 6.45) is 2.78. The van der Waals surface area contributed by atoms with E-state index in [9.17, 15) is 10.1 Å². The van der Waals surface area contributed by atoms with Crippen LogP contribution in [0.25, 0.3) is 0 Å². The molecular weight excluding hydrogens is 330 g/mol. The minimum Gasteiger partial charge on any atom is -0.497 e. The Morgan fingerprint density at radius 2 is 1.77 bits per heavy atom. The standard InChI is InChI=1S/C20H27N3O3/c1-3-11-22(12-9-16-5-4-6-18(14-16)26-2)13-10-17-7-8-19(21)20(15-17)23(24)25/h4-8,14-15H,3,9-13,21H2,1-2H3. The van der Waals surface area contributed by atoms with Crippen LogP contribution in [0.5, 0.6) is 5.75 Å². The molecule has 6 heteroatoms. The highest BCUT2D eigenvalue weighted by Crippen LogP contribution is 2.22. The Bertz CT molecular complexity index is 734. The summed E-state index contributed by atoms with van der Waals surface area (Å²) in [5.41, 5.74) is 8.05. The Kier molecular flexibility index (Phi) is 7.41. The average Bonchev–Trinajstić information content (AvgIpc) is 2.65. The molecule has 0 heterocycles. The van der Waals surface area contributed by atoms with Gasteiger partial charge in [0.05, 0.1) is 12.0 Å². The monoisotopic (exact) mass is 357 g/mol. The van der Waals surface area contributed by atoms with Crippen LogP contribution in [0.3, 0.4) is 0 Å². The number of methoxy groups -OCH3 is 1. The summed E-state index contributed by atoms with van der Waals surface area (Å²) in [7, 11) is 1.67. The van der Waals surface area contributed by atoms with E-state index in [1.807, 2.05) is 18.2 Å². The van der Waals surface area contributed by atoms with Crippen LogP contribution in [0, 0.1) is 10.1 Å². The molecule has 6 nitrogen and oxygen atoms in total. The third-order valence-electron chi connectivity index (χ3n) is 4.40. The molecule has 0 saturated carbocycles. The van der Waals surface area contributed by atoms with Crippen molar-refractivity contribution in [2.45, 2.75) is 26.2 Å². The Hall–Kier alpha value is -2.60. The molecule has 2 aromatic carbocycles. The van der Waals surface area contributed by atoms with Gasteiger partial charge >= 0.3 is 0 Å². The molecule has 0 amide bonds. The predicted octanol–water partition coefficient (Wildman–Crippen LogP) is 3.68. The number of anilines is 1. The maximum Gasteiger partial charge on any atom is 0.292 e. The first kappa shape index (κ1) is 19.7. The van der Waals surface area contributed by atoms with E-state index in [0.29, 0.717) is 0 Å². The first-order valence-corrected chi connectivity index (χ1v) is 8.91. The van der Waals surface area contributed by atoms with Crippen molar-refractivity contribution in [2.24, 2.45) is 0 Å². The highest BCUT2D eigenvalue weighted by Gasteiger charge is 2.12. The lowest BCUT2D eigenvalue weighted by Crippen LogP contribution is -2.29. The van der Waals surface area contributed by atoms with E-state index in [0.717, 1.165) is 50.2 Å². The lowest BCUT2D eigenvalue weighted by atomic mass is 10.1. The molecule has 0 aliphatic heterocycles. The van der Waals surface area contributed by atoms with Gasteiger partial charge in [-0.15, -0.1) is 0 Å². The number of benzene rings is 2. The summed E-state index contributed by atoms with van der Waals surface area (Å²) in [5.74, 6) is 0.874. The summed E-state index contributed by atoms with van der Waals surface area (Å²) in [6.45, 7) is 4.96. The zero-order valence-corrected chi connectivity index (χ0v) is 15.5. The quantitative estimate of drug-likeness (QED) is 0.398. The zero-order chi connectivity index (χ0) is 18.9. The van der Waals surface area contributed by atoms with Gasteiger partial charge in [-0.25, -0.2) is 0 Å². The third-order valence-corrected chi connectivity index (χ3v) is 4.40. The van der Waals surface area contributed by atoms with Crippen molar-refractivity contribution in [1.29, 1.82) is 0 Å². The van der Waals surface area contributed by atoms with Crippen molar-refractivity contribution in [2.75, 3.05) is 32.5 Å². The van der Waals surface area contributed by atoms with Crippen molar-refractivity contribution in [1.82, 2.24) is 4.90 Å². The van der Waals surface area contributed by atoms with Gasteiger partial charge in [0, 0.05) is 19.2 Å². The Balaban J connectivity index is 1.95. The van der Waals surface area contributed by atoms with Gasteiger partial charge in [0.25, 0.3) is 5.69 Å². The largest absolute Gasteiger partial charge is 0.497 e. The number of nitro groups is 1. The van der Waals surface area contributed by atoms with E-state index in [1.165, 1.54) is 5.56 Å². The molecule has 2 aromatic rings. The van der Waals surface area contributed by atoms with Gasteiger partial charge in [0.1, 0.15) is 11.4 Å². The highest BCUT2D eigenvalue weighted by molar-refractivity contribution is 5.59. The van der Waals surface area contributed by atoms with Crippen molar-refractivity contribution in [3.8, 4) is 5.75 Å². The van der Waals surface area contributed by atoms with Crippen molar-refractivity contribution >= 4 is 11.4 Å². The first-order chi connectivity index (χ1) is 12.5. The van der Waals surface area contributed by atoms with Crippen LogP contribution >= 0.6 is 0 Å². The predicted molar refractivity (Wildman–Crippen MR) is 105 cm³/mol. The van der Waals surface area contributed by atoms with Gasteiger partial charge in [0.2, 0.25) is 0 Å². The number of nitrogens with zero attached hydrogens (tertiary/aromatic N) is 2. The molecule has 0 aliphatic rings. The van der Waals surface area contributed by atoms with Crippen molar-refractivity contribution in [3.63, 3.8) is 0 Å². The highest BCUT2D eigenvalue weighted by atomic mass is 16.6. The third kappa shape index (κ3) is 5.74. The molecule has 26 heavy (non-hydrogen) atoms. The number of hydrogen-bond acceptors (Lipinski definition) is 5. The fourth-order valence-corrected chi connectivity index (χ4v) is 2.96. The molecule has 2 N–H and O–H groups in total. The molecule has 0 bridgehead atoms. The summed E-state index contributed by atoms with van der Waals surface area (Å²) in [6, 6.07) is 13.2. The van der Waals surface area contributed by atoms with Crippen LogP contribution in [0.1, 0.15) is 24.5 Å². The van der Waals surface area contributed by atoms with Crippen molar-refractivity contribution in [3.05, 3.63) is 63.7 Å². The number of nitrogen functional groups attached to an aromatic ring is 1. The normalized spacial score (nSPS) is 10.9. The maximum atomic E-state index is 11.0. The van der Waals surface area contributed by atoms with Crippen molar-refractivity contribution < 1.29 is 9.66 Å². The van der Waals surface area contributed by atoms with E-state index < -0.39 is 4.92 Å². The van der Waals surface area contributed by atoms with Crippen LogP contribution in [-0.2, 0) is 12.8 Å². The molecule has 0 atom stereocenters. The molecule has 0 spiro atoms. The molecule has 0 fully saturated rings. The minimum atomic E-state index is -0.425. The van der Waals surface area contributed by atoms with Gasteiger partial charge < -0.3 is 15.4 Å². The zero-order valence-electron chi connectivity index (χ0n) is 15.5. The second-order valence-corrected chi connectivity index (χ2v) is 6.34. The average molecular weight is 357 g/mol. The van der Waals surface area contributed by atoms with Crippen LogP contribution in [0.2, 0.25) is 0 Å². The number of nitrogens with two attached hydrogens (primary N) is 1. The number of ether oxygens (including phenoxy) is 1. The smallest absolute Gasteiger partial charge is 0.292 e. The molecule has 0 radical (unpaired) electrons. The van der Waals surface area contributed by atoms with Gasteiger partial charge in [-0.3, -0.25) is 10.1 Å². The summed E-state index contributed by atoms with van der Waals surface area (Å²) in [5, 5.41) is 11.0. The molecule has 0 saturated heterocycles. The van der Waals surface area contributed by atoms with Crippen LogP contribution in [-0.4, -0.2) is 36.6 Å². The second-order valence-electron chi connectivity index (χ2n) is 6.34. The molecule has 0 unspecified atom stereocenters. The molecular formula is C20H27N3O3. The van der Waals surface area contributed by atoms with Crippen LogP contribution in [0.4, 0.5) is 11.4 Å². The van der Waals surface area contributed by atoms with Crippen LogP contribution in [0.15, 0.2) is 42.5 Å². The molecule has 140 valence electrons. The summed E-state index contributed by atoms with van der Waals surface area (Å²) >= 11 is 0. The Labute approximate surface area is 154 Å². The van der Waals surface area contributed by atoms with Crippen LogP contribution < -0.4 is 10.5 Å². The fraction of sp³-hybridized carbons (Fsp3) is 0.400. The van der Waals surface area contributed by atoms with E-state index in [4.69, 9.17) is 10.5 Å². The van der Waals surface area contributed by atoms with E-state index >= 15 is 0 Å². The van der Waals surface area contributed by atoms with Gasteiger partial charge in [-0.1, -0.05) is 25.1 Å². The van der Waals surface area contributed by atoms with E-state index in [1.54, 1.807) is 19.2 Å². The lowest BCUT2D eigenvalue weighted by molar-refractivity contribution is -0.384. The number of hydrogen-bond donors (Lipinski definition) is 1. The first-order valence-electron chi connectivity index (χ1n) is 8.91.